The van der Waals surface area contributed by atoms with Crippen molar-refractivity contribution in [2.45, 2.75) is 82.2 Å². The van der Waals surface area contributed by atoms with Gasteiger partial charge in [0.25, 0.3) is 0 Å². The van der Waals surface area contributed by atoms with Crippen LogP contribution in [0.3, 0.4) is 0 Å². The summed E-state index contributed by atoms with van der Waals surface area (Å²) < 4.78 is 11.9. The maximum Gasteiger partial charge on any atom is 0.171 e. The SMILES string of the molecule is C=CC[C@H]1C[C@@]2(C)C(CC[C@@H]2O)C2CC[C@@]3(O)CC4(CCC3=C21)OCCO4. The van der Waals surface area contributed by atoms with Crippen LogP contribution in [0, 0.1) is 23.2 Å². The van der Waals surface area contributed by atoms with Gasteiger partial charge in [0.15, 0.2) is 5.79 Å². The first-order valence-corrected chi connectivity index (χ1v) is 10.9. The van der Waals surface area contributed by atoms with Crippen LogP contribution in [0.5, 0.6) is 0 Å². The van der Waals surface area contributed by atoms with Gasteiger partial charge in [0.2, 0.25) is 0 Å². The number of fused-ring (bicyclic) bond motifs is 4. The van der Waals surface area contributed by atoms with Gasteiger partial charge in [0.1, 0.15) is 0 Å². The Hall–Kier alpha value is -0.680. The Labute approximate surface area is 162 Å². The van der Waals surface area contributed by atoms with Gasteiger partial charge in [0.05, 0.1) is 24.9 Å². The maximum atomic E-state index is 11.7. The fourth-order valence-corrected chi connectivity index (χ4v) is 7.57. The molecule has 3 saturated carbocycles. The van der Waals surface area contributed by atoms with Crippen LogP contribution in [0.15, 0.2) is 23.8 Å². The third kappa shape index (κ3) is 2.56. The Kier molecular flexibility index (Phi) is 4.19. The highest BCUT2D eigenvalue weighted by atomic mass is 16.7. The zero-order valence-corrected chi connectivity index (χ0v) is 16.6. The minimum Gasteiger partial charge on any atom is -0.393 e. The van der Waals surface area contributed by atoms with E-state index in [0.29, 0.717) is 37.4 Å². The number of rotatable bonds is 2. The van der Waals surface area contributed by atoms with Gasteiger partial charge in [-0.3, -0.25) is 0 Å². The summed E-state index contributed by atoms with van der Waals surface area (Å²) in [4.78, 5) is 0. The van der Waals surface area contributed by atoms with Crippen LogP contribution in [-0.4, -0.2) is 40.9 Å². The van der Waals surface area contributed by atoms with E-state index in [1.165, 1.54) is 11.1 Å². The van der Waals surface area contributed by atoms with Crippen molar-refractivity contribution in [2.75, 3.05) is 13.2 Å². The van der Waals surface area contributed by atoms with E-state index in [-0.39, 0.29) is 11.5 Å². The smallest absolute Gasteiger partial charge is 0.171 e. The number of ether oxygens (including phenoxy) is 2. The van der Waals surface area contributed by atoms with E-state index in [9.17, 15) is 10.2 Å². The maximum absolute atomic E-state index is 11.7. The number of aliphatic hydroxyl groups is 2. The van der Waals surface area contributed by atoms with Gasteiger partial charge >= 0.3 is 0 Å². The normalized spacial score (nSPS) is 48.3. The van der Waals surface area contributed by atoms with E-state index in [2.05, 4.69) is 13.5 Å². The number of allylic oxidation sites excluding steroid dienone is 2. The number of hydrogen-bond donors (Lipinski definition) is 2. The lowest BCUT2D eigenvalue weighted by atomic mass is 9.51. The zero-order valence-electron chi connectivity index (χ0n) is 16.6. The molecule has 1 saturated heterocycles. The van der Waals surface area contributed by atoms with Crippen molar-refractivity contribution in [1.82, 2.24) is 0 Å². The molecule has 4 aliphatic carbocycles. The Morgan fingerprint density at radius 2 is 1.96 bits per heavy atom. The molecule has 1 aliphatic heterocycles. The average molecular weight is 375 g/mol. The van der Waals surface area contributed by atoms with Gasteiger partial charge in [-0.15, -0.1) is 6.58 Å². The molecule has 0 aromatic heterocycles. The summed E-state index contributed by atoms with van der Waals surface area (Å²) in [5.41, 5.74) is 2.05. The van der Waals surface area contributed by atoms with Crippen molar-refractivity contribution >= 4 is 0 Å². The van der Waals surface area contributed by atoms with Crippen LogP contribution in [0.2, 0.25) is 0 Å². The fourth-order valence-electron chi connectivity index (χ4n) is 7.57. The van der Waals surface area contributed by atoms with Gasteiger partial charge in [-0.1, -0.05) is 18.6 Å². The third-order valence-electron chi connectivity index (χ3n) is 8.73. The van der Waals surface area contributed by atoms with Gasteiger partial charge in [-0.2, -0.15) is 0 Å². The van der Waals surface area contributed by atoms with E-state index in [1.54, 1.807) is 0 Å². The molecule has 1 spiro atoms. The Bertz CT molecular complexity index is 663. The molecule has 0 bridgehead atoms. The van der Waals surface area contributed by atoms with E-state index in [4.69, 9.17) is 9.47 Å². The van der Waals surface area contributed by atoms with Crippen molar-refractivity contribution in [1.29, 1.82) is 0 Å². The molecule has 0 amide bonds. The summed E-state index contributed by atoms with van der Waals surface area (Å²) in [6.07, 6.45) is 9.99. The van der Waals surface area contributed by atoms with Gasteiger partial charge in [-0.25, -0.2) is 0 Å². The second-order valence-corrected chi connectivity index (χ2v) is 10.0. The number of hydrogen-bond acceptors (Lipinski definition) is 4. The molecule has 6 atom stereocenters. The summed E-state index contributed by atoms with van der Waals surface area (Å²) in [6.45, 7) is 7.60. The Morgan fingerprint density at radius 1 is 1.19 bits per heavy atom. The van der Waals surface area contributed by atoms with Crippen molar-refractivity contribution in [3.63, 3.8) is 0 Å². The van der Waals surface area contributed by atoms with Crippen molar-refractivity contribution in [3.05, 3.63) is 23.8 Å². The molecule has 0 aromatic carbocycles. The first-order valence-electron chi connectivity index (χ1n) is 10.9. The molecular formula is C23H34O4. The topological polar surface area (TPSA) is 58.9 Å². The highest BCUT2D eigenvalue weighted by Gasteiger charge is 2.59. The van der Waals surface area contributed by atoms with E-state index < -0.39 is 11.4 Å². The predicted molar refractivity (Wildman–Crippen MR) is 103 cm³/mol. The van der Waals surface area contributed by atoms with Crippen molar-refractivity contribution in [2.24, 2.45) is 23.2 Å². The number of aliphatic hydroxyl groups excluding tert-OH is 1. The van der Waals surface area contributed by atoms with E-state index >= 15 is 0 Å². The third-order valence-corrected chi connectivity index (χ3v) is 8.73. The summed E-state index contributed by atoms with van der Waals surface area (Å²) >= 11 is 0. The predicted octanol–water partition coefficient (Wildman–Crippen LogP) is 3.72. The minimum atomic E-state index is -0.779. The molecule has 4 nitrogen and oxygen atoms in total. The van der Waals surface area contributed by atoms with Gasteiger partial charge < -0.3 is 19.7 Å². The van der Waals surface area contributed by atoms with Crippen LogP contribution in [0.4, 0.5) is 0 Å². The first-order chi connectivity index (χ1) is 12.9. The van der Waals surface area contributed by atoms with Gasteiger partial charge in [0, 0.05) is 12.8 Å². The second-order valence-electron chi connectivity index (χ2n) is 10.0. The molecule has 5 rings (SSSR count). The van der Waals surface area contributed by atoms with Crippen molar-refractivity contribution < 1.29 is 19.7 Å². The molecule has 27 heavy (non-hydrogen) atoms. The summed E-state index contributed by atoms with van der Waals surface area (Å²) in [5, 5.41) is 22.5. The van der Waals surface area contributed by atoms with Crippen LogP contribution in [0.25, 0.3) is 0 Å². The molecule has 0 aromatic rings. The molecule has 4 fully saturated rings. The molecule has 2 unspecified atom stereocenters. The second kappa shape index (κ2) is 6.16. The van der Waals surface area contributed by atoms with E-state index in [1.807, 2.05) is 6.08 Å². The fraction of sp³-hybridized carbons (Fsp3) is 0.826. The molecule has 2 N–H and O–H groups in total. The highest BCUT2D eigenvalue weighted by molar-refractivity contribution is 5.37. The summed E-state index contributed by atoms with van der Waals surface area (Å²) in [7, 11) is 0. The molecule has 0 radical (unpaired) electrons. The molecule has 4 heteroatoms. The molecule has 1 heterocycles. The minimum absolute atomic E-state index is 0.0193. The molecular weight excluding hydrogens is 340 g/mol. The monoisotopic (exact) mass is 374 g/mol. The standard InChI is InChI=1S/C23H34O4/c1-3-4-15-13-21(2)17(5-6-19(21)24)16-7-9-22(25)14-23(26-11-12-27-23)10-8-18(22)20(15)16/h3,15-17,19,24-25H,1,4-14H2,2H3/t15-,16?,17?,19-,21-,22+/m0/s1. The molecule has 5 aliphatic rings. The largest absolute Gasteiger partial charge is 0.393 e. The van der Waals surface area contributed by atoms with Gasteiger partial charge in [-0.05, 0) is 73.7 Å². The first kappa shape index (κ1) is 18.4. The summed E-state index contributed by atoms with van der Waals surface area (Å²) in [6, 6.07) is 0. The van der Waals surface area contributed by atoms with E-state index in [0.717, 1.165) is 51.4 Å². The zero-order chi connectivity index (χ0) is 18.9. The Morgan fingerprint density at radius 3 is 2.70 bits per heavy atom. The average Bonchev–Trinajstić information content (AvgIpc) is 3.19. The van der Waals surface area contributed by atoms with Crippen LogP contribution < -0.4 is 0 Å². The van der Waals surface area contributed by atoms with Crippen LogP contribution in [0.1, 0.15) is 64.7 Å². The van der Waals surface area contributed by atoms with Crippen molar-refractivity contribution in [3.8, 4) is 0 Å². The van der Waals surface area contributed by atoms with Crippen LogP contribution >= 0.6 is 0 Å². The highest BCUT2D eigenvalue weighted by Crippen LogP contribution is 2.64. The quantitative estimate of drug-likeness (QED) is 0.723. The Balaban J connectivity index is 1.56. The lowest BCUT2D eigenvalue weighted by molar-refractivity contribution is -0.208. The van der Waals surface area contributed by atoms with Crippen LogP contribution in [-0.2, 0) is 9.47 Å². The lowest BCUT2D eigenvalue weighted by Gasteiger charge is -2.56. The molecule has 150 valence electrons. The lowest BCUT2D eigenvalue weighted by Crippen LogP contribution is -2.54. The summed E-state index contributed by atoms with van der Waals surface area (Å²) in [5.74, 6) is 0.908.